The number of hydrogen-bond acceptors (Lipinski definition) is 3. The Labute approximate surface area is 152 Å². The number of nitrogens with zero attached hydrogens (tertiary/aromatic N) is 3. The monoisotopic (exact) mass is 407 g/mol. The average Bonchev–Trinajstić information content (AvgIpc) is 2.85. The molecule has 0 unspecified atom stereocenters. The molecule has 0 saturated heterocycles. The van der Waals surface area contributed by atoms with Gasteiger partial charge in [0.1, 0.15) is 18.2 Å². The van der Waals surface area contributed by atoms with Gasteiger partial charge < -0.3 is 4.74 Å². The molecule has 24 heavy (non-hydrogen) atoms. The van der Waals surface area contributed by atoms with Crippen LogP contribution in [0, 0.1) is 6.92 Å². The maximum atomic E-state index is 12.5. The number of hydrogen-bond donors (Lipinski definition) is 0. The fourth-order valence-electron chi connectivity index (χ4n) is 2.29. The zero-order chi connectivity index (χ0) is 17.1. The Morgan fingerprint density at radius 1 is 1.12 bits per heavy atom. The van der Waals surface area contributed by atoms with Gasteiger partial charge in [-0.2, -0.15) is 9.78 Å². The van der Waals surface area contributed by atoms with Crippen LogP contribution in [0.4, 0.5) is 0 Å². The van der Waals surface area contributed by atoms with Gasteiger partial charge in [-0.25, -0.2) is 4.79 Å². The Bertz CT molecular complexity index is 886. The fraction of sp³-hybridized carbons (Fsp3) is 0.176. The van der Waals surface area contributed by atoms with E-state index in [1.54, 1.807) is 35.8 Å². The Balaban J connectivity index is 1.73. The van der Waals surface area contributed by atoms with Crippen LogP contribution in [0.3, 0.4) is 0 Å². The molecule has 3 rings (SSSR count). The summed E-state index contributed by atoms with van der Waals surface area (Å²) in [6.07, 6.45) is 0. The first-order valence-electron chi connectivity index (χ1n) is 7.35. The molecule has 2 aromatic carbocycles. The minimum absolute atomic E-state index is 0.200. The molecule has 7 heteroatoms. The Morgan fingerprint density at radius 3 is 2.46 bits per heavy atom. The van der Waals surface area contributed by atoms with Gasteiger partial charge in [-0.15, -0.1) is 0 Å². The first-order valence-corrected chi connectivity index (χ1v) is 8.52. The van der Waals surface area contributed by atoms with Crippen molar-refractivity contribution >= 4 is 27.5 Å². The van der Waals surface area contributed by atoms with E-state index < -0.39 is 0 Å². The second kappa shape index (κ2) is 7.23. The van der Waals surface area contributed by atoms with Gasteiger partial charge in [0, 0.05) is 9.50 Å². The topological polar surface area (TPSA) is 49.0 Å². The molecule has 0 radical (unpaired) electrons. The molecule has 5 nitrogen and oxygen atoms in total. The van der Waals surface area contributed by atoms with Crippen LogP contribution in [0.15, 0.2) is 57.8 Å². The van der Waals surface area contributed by atoms with Crippen molar-refractivity contribution in [2.75, 3.05) is 6.61 Å². The predicted molar refractivity (Wildman–Crippen MR) is 97.2 cm³/mol. The number of aryl methyl sites for hydroxylation is 1. The van der Waals surface area contributed by atoms with Crippen LogP contribution in [0.25, 0.3) is 5.69 Å². The van der Waals surface area contributed by atoms with Gasteiger partial charge in [0.15, 0.2) is 0 Å². The van der Waals surface area contributed by atoms with Crippen molar-refractivity contribution in [3.8, 4) is 11.4 Å². The summed E-state index contributed by atoms with van der Waals surface area (Å²) < 4.78 is 9.62. The molecule has 0 N–H and O–H groups in total. The second-order valence-corrected chi connectivity index (χ2v) is 6.52. The Hall–Kier alpha value is -2.05. The van der Waals surface area contributed by atoms with Crippen LogP contribution < -0.4 is 10.4 Å². The lowest BCUT2D eigenvalue weighted by Gasteiger charge is -2.07. The number of rotatable bonds is 5. The third-order valence-corrected chi connectivity index (χ3v) is 4.30. The lowest BCUT2D eigenvalue weighted by molar-refractivity contribution is 0.295. The largest absolute Gasteiger partial charge is 0.492 e. The van der Waals surface area contributed by atoms with Crippen LogP contribution >= 0.6 is 27.5 Å². The SMILES string of the molecule is Cc1nn(-c2ccc(Cl)cc2)c(=O)n1CCOc1ccc(Br)cc1. The molecule has 3 aromatic rings. The van der Waals surface area contributed by atoms with Gasteiger partial charge in [0.2, 0.25) is 0 Å². The Morgan fingerprint density at radius 2 is 1.79 bits per heavy atom. The number of aromatic nitrogens is 3. The molecular weight excluding hydrogens is 394 g/mol. The van der Waals surface area contributed by atoms with Crippen molar-refractivity contribution in [1.82, 2.24) is 14.3 Å². The lowest BCUT2D eigenvalue weighted by atomic mass is 10.3. The molecule has 0 aliphatic rings. The molecule has 0 spiro atoms. The highest BCUT2D eigenvalue weighted by Gasteiger charge is 2.11. The highest BCUT2D eigenvalue weighted by Crippen LogP contribution is 2.16. The van der Waals surface area contributed by atoms with Crippen LogP contribution in [-0.2, 0) is 6.54 Å². The highest BCUT2D eigenvalue weighted by molar-refractivity contribution is 9.10. The summed E-state index contributed by atoms with van der Waals surface area (Å²) in [5.41, 5.74) is 0.481. The van der Waals surface area contributed by atoms with Crippen LogP contribution in [0.5, 0.6) is 5.75 Å². The highest BCUT2D eigenvalue weighted by atomic mass is 79.9. The van der Waals surface area contributed by atoms with Crippen molar-refractivity contribution in [3.63, 3.8) is 0 Å². The van der Waals surface area contributed by atoms with E-state index in [1.807, 2.05) is 24.3 Å². The molecule has 0 aliphatic heterocycles. The minimum Gasteiger partial charge on any atom is -0.492 e. The van der Waals surface area contributed by atoms with E-state index in [0.29, 0.717) is 29.7 Å². The van der Waals surface area contributed by atoms with Crippen molar-refractivity contribution in [3.05, 3.63) is 74.3 Å². The van der Waals surface area contributed by atoms with E-state index in [1.165, 1.54) is 4.68 Å². The molecule has 0 aliphatic carbocycles. The first kappa shape index (κ1) is 16.8. The zero-order valence-corrected chi connectivity index (χ0v) is 15.3. The van der Waals surface area contributed by atoms with Crippen molar-refractivity contribution in [2.24, 2.45) is 0 Å². The van der Waals surface area contributed by atoms with E-state index >= 15 is 0 Å². The van der Waals surface area contributed by atoms with Gasteiger partial charge in [0.25, 0.3) is 0 Å². The summed E-state index contributed by atoms with van der Waals surface area (Å²) in [6.45, 7) is 2.61. The molecule has 0 amide bonds. The summed E-state index contributed by atoms with van der Waals surface area (Å²) >= 11 is 9.26. The molecular formula is C17H15BrClN3O2. The maximum Gasteiger partial charge on any atom is 0.350 e. The van der Waals surface area contributed by atoms with E-state index in [2.05, 4.69) is 21.0 Å². The fourth-order valence-corrected chi connectivity index (χ4v) is 2.68. The predicted octanol–water partition coefficient (Wildman–Crippen LogP) is 3.84. The summed E-state index contributed by atoms with van der Waals surface area (Å²) in [4.78, 5) is 12.5. The summed E-state index contributed by atoms with van der Waals surface area (Å²) in [6, 6.07) is 14.5. The van der Waals surface area contributed by atoms with Gasteiger partial charge >= 0.3 is 5.69 Å². The van der Waals surface area contributed by atoms with E-state index in [0.717, 1.165) is 10.2 Å². The van der Waals surface area contributed by atoms with Gasteiger partial charge in [-0.1, -0.05) is 27.5 Å². The van der Waals surface area contributed by atoms with Crippen LogP contribution in [-0.4, -0.2) is 21.0 Å². The Kier molecular flexibility index (Phi) is 5.06. The quantitative estimate of drug-likeness (QED) is 0.644. The maximum absolute atomic E-state index is 12.5. The molecule has 0 saturated carbocycles. The standard InChI is InChI=1S/C17H15BrClN3O2/c1-12-20-22(15-6-4-14(19)5-7-15)17(23)21(12)10-11-24-16-8-2-13(18)3-9-16/h2-9H,10-11H2,1H3. The minimum atomic E-state index is -0.200. The van der Waals surface area contributed by atoms with Crippen molar-refractivity contribution in [1.29, 1.82) is 0 Å². The van der Waals surface area contributed by atoms with Gasteiger partial charge in [-0.3, -0.25) is 4.57 Å². The van der Waals surface area contributed by atoms with Crippen molar-refractivity contribution in [2.45, 2.75) is 13.5 Å². The number of halogens is 2. The smallest absolute Gasteiger partial charge is 0.350 e. The lowest BCUT2D eigenvalue weighted by Crippen LogP contribution is -2.26. The summed E-state index contributed by atoms with van der Waals surface area (Å²) in [5, 5.41) is 4.93. The molecule has 0 bridgehead atoms. The van der Waals surface area contributed by atoms with E-state index in [9.17, 15) is 4.79 Å². The zero-order valence-electron chi connectivity index (χ0n) is 12.9. The van der Waals surface area contributed by atoms with E-state index in [-0.39, 0.29) is 5.69 Å². The van der Waals surface area contributed by atoms with E-state index in [4.69, 9.17) is 16.3 Å². The third kappa shape index (κ3) is 3.71. The first-order chi connectivity index (χ1) is 11.5. The van der Waals surface area contributed by atoms with Crippen LogP contribution in [0.1, 0.15) is 5.82 Å². The molecule has 1 aromatic heterocycles. The molecule has 1 heterocycles. The summed E-state index contributed by atoms with van der Waals surface area (Å²) in [5.74, 6) is 1.39. The molecule has 0 atom stereocenters. The number of ether oxygens (including phenoxy) is 1. The van der Waals surface area contributed by atoms with Crippen LogP contribution in [0.2, 0.25) is 5.02 Å². The normalized spacial score (nSPS) is 10.8. The van der Waals surface area contributed by atoms with Gasteiger partial charge in [0.05, 0.1) is 12.2 Å². The third-order valence-electron chi connectivity index (χ3n) is 3.52. The molecule has 0 fully saturated rings. The van der Waals surface area contributed by atoms with Gasteiger partial charge in [-0.05, 0) is 55.5 Å². The average molecular weight is 409 g/mol. The summed E-state index contributed by atoms with van der Waals surface area (Å²) in [7, 11) is 0. The number of benzene rings is 2. The second-order valence-electron chi connectivity index (χ2n) is 5.17. The van der Waals surface area contributed by atoms with Crippen molar-refractivity contribution < 1.29 is 4.74 Å². The molecule has 124 valence electrons.